The molecule has 0 radical (unpaired) electrons. The van der Waals surface area contributed by atoms with Gasteiger partial charge in [0.15, 0.2) is 17.4 Å². The molecule has 0 aliphatic carbocycles. The van der Waals surface area contributed by atoms with Crippen LogP contribution in [0.5, 0.6) is 23.1 Å². The zero-order chi connectivity index (χ0) is 24.1. The predicted octanol–water partition coefficient (Wildman–Crippen LogP) is 2.86. The second-order valence-corrected chi connectivity index (χ2v) is 7.82. The average molecular weight is 469 g/mol. The summed E-state index contributed by atoms with van der Waals surface area (Å²) in [5.74, 6) is 1.91. The van der Waals surface area contributed by atoms with Crippen LogP contribution in [0.15, 0.2) is 23.5 Å². The molecule has 11 nitrogen and oxygen atoms in total. The fourth-order valence-electron chi connectivity index (χ4n) is 3.75. The molecule has 0 spiro atoms. The van der Waals surface area contributed by atoms with Crippen LogP contribution in [0, 0.1) is 0 Å². The number of aromatic hydroxyl groups is 1. The number of fused-ring (bicyclic) bond motifs is 2. The molecule has 1 aliphatic heterocycles. The first kappa shape index (κ1) is 23.1. The highest BCUT2D eigenvalue weighted by Gasteiger charge is 2.18. The molecular weight excluding hydrogens is 440 g/mol. The maximum absolute atomic E-state index is 12.5. The van der Waals surface area contributed by atoms with Gasteiger partial charge in [0.25, 0.3) is 0 Å². The summed E-state index contributed by atoms with van der Waals surface area (Å²) in [4.78, 5) is 30.1. The molecule has 0 atom stereocenters. The van der Waals surface area contributed by atoms with Gasteiger partial charge in [0, 0.05) is 44.9 Å². The second kappa shape index (κ2) is 10.3. The van der Waals surface area contributed by atoms with E-state index in [1.54, 1.807) is 31.2 Å². The molecule has 11 heteroatoms. The molecule has 0 unspecified atom stereocenters. The minimum atomic E-state index is -0.0825. The van der Waals surface area contributed by atoms with Crippen LogP contribution in [0.1, 0.15) is 24.8 Å². The van der Waals surface area contributed by atoms with Crippen molar-refractivity contribution in [1.29, 1.82) is 0 Å². The van der Waals surface area contributed by atoms with Crippen LogP contribution in [0.25, 0.3) is 11.0 Å². The van der Waals surface area contributed by atoms with Gasteiger partial charge in [0.2, 0.25) is 11.7 Å². The Morgan fingerprint density at radius 2 is 2.03 bits per heavy atom. The van der Waals surface area contributed by atoms with Crippen LogP contribution in [-0.2, 0) is 4.79 Å². The Bertz CT molecular complexity index is 1210. The third-order valence-corrected chi connectivity index (χ3v) is 5.59. The molecule has 4 rings (SSSR count). The van der Waals surface area contributed by atoms with Gasteiger partial charge in [0.1, 0.15) is 17.8 Å². The van der Waals surface area contributed by atoms with Crippen LogP contribution >= 0.6 is 0 Å². The van der Waals surface area contributed by atoms with E-state index in [9.17, 15) is 9.90 Å². The number of rotatable bonds is 2. The molecule has 2 aromatic heterocycles. The van der Waals surface area contributed by atoms with Gasteiger partial charge < -0.3 is 34.5 Å². The molecule has 0 saturated heterocycles. The number of nitrogens with zero attached hydrogens (tertiary/aromatic N) is 4. The lowest BCUT2D eigenvalue weighted by molar-refractivity contribution is -0.129. The number of hydrogen-bond donors (Lipinski definition) is 3. The van der Waals surface area contributed by atoms with Crippen LogP contribution < -0.4 is 19.5 Å². The average Bonchev–Trinajstić information content (AvgIpc) is 3.16. The van der Waals surface area contributed by atoms with E-state index in [1.807, 2.05) is 0 Å². The van der Waals surface area contributed by atoms with Crippen LogP contribution in [0.2, 0.25) is 0 Å². The van der Waals surface area contributed by atoms with Crippen molar-refractivity contribution >= 4 is 34.7 Å². The maximum Gasteiger partial charge on any atom is 0.222 e. The molecule has 0 fully saturated rings. The quantitative estimate of drug-likeness (QED) is 0.523. The Kier molecular flexibility index (Phi) is 7.00. The highest BCUT2D eigenvalue weighted by molar-refractivity contribution is 6.06. The van der Waals surface area contributed by atoms with Gasteiger partial charge in [-0.3, -0.25) is 9.79 Å². The van der Waals surface area contributed by atoms with E-state index in [-0.39, 0.29) is 11.8 Å². The van der Waals surface area contributed by atoms with Crippen molar-refractivity contribution in [3.05, 3.63) is 24.0 Å². The van der Waals surface area contributed by atoms with Crippen LogP contribution in [-0.4, -0.2) is 78.0 Å². The van der Waals surface area contributed by atoms with Gasteiger partial charge in [-0.15, -0.1) is 0 Å². The monoisotopic (exact) mass is 468 g/mol. The van der Waals surface area contributed by atoms with Gasteiger partial charge in [-0.2, -0.15) is 0 Å². The van der Waals surface area contributed by atoms with Crippen molar-refractivity contribution in [3.63, 3.8) is 0 Å². The lowest BCUT2D eigenvalue weighted by atomic mass is 10.2. The minimum Gasteiger partial charge on any atom is -0.494 e. The molecular formula is C23H28N6O5. The van der Waals surface area contributed by atoms with Crippen molar-refractivity contribution in [1.82, 2.24) is 19.9 Å². The first-order valence-electron chi connectivity index (χ1n) is 11.0. The van der Waals surface area contributed by atoms with E-state index in [2.05, 4.69) is 25.3 Å². The number of amides is 1. The Labute approximate surface area is 196 Å². The van der Waals surface area contributed by atoms with Crippen molar-refractivity contribution in [2.24, 2.45) is 4.99 Å². The summed E-state index contributed by atoms with van der Waals surface area (Å²) < 4.78 is 16.9. The van der Waals surface area contributed by atoms with Gasteiger partial charge in [-0.25, -0.2) is 9.97 Å². The summed E-state index contributed by atoms with van der Waals surface area (Å²) in [5, 5.41) is 14.4. The zero-order valence-corrected chi connectivity index (χ0v) is 19.4. The molecule has 3 heterocycles. The predicted molar refractivity (Wildman–Crippen MR) is 128 cm³/mol. The van der Waals surface area contributed by atoms with Crippen molar-refractivity contribution in [2.45, 2.75) is 19.3 Å². The lowest BCUT2D eigenvalue weighted by Gasteiger charge is -2.18. The van der Waals surface area contributed by atoms with Crippen LogP contribution in [0.3, 0.4) is 0 Å². The highest BCUT2D eigenvalue weighted by Crippen LogP contribution is 2.41. The van der Waals surface area contributed by atoms with E-state index in [4.69, 9.17) is 14.2 Å². The normalized spacial score (nSPS) is 15.3. The number of ether oxygens (including phenoxy) is 3. The number of likely N-dealkylation sites (N-methyl/N-ethyl adjacent to an activating group) is 1. The molecule has 2 bridgehead atoms. The van der Waals surface area contributed by atoms with Crippen molar-refractivity contribution in [2.75, 3.05) is 46.3 Å². The summed E-state index contributed by atoms with van der Waals surface area (Å²) in [7, 11) is 4.85. The summed E-state index contributed by atoms with van der Waals surface area (Å²) in [6.07, 6.45) is 4.77. The molecule has 3 N–H and O–H groups in total. The molecule has 1 aromatic carbocycles. The van der Waals surface area contributed by atoms with E-state index < -0.39 is 0 Å². The SMILES string of the molecule is COc1cc2cc(c1OC)OCCCCC(=O)N(C)CCNc1ncnc3[nH]c(O)c(c13)C=N2. The fraction of sp³-hybridized carbons (Fsp3) is 0.391. The first-order chi connectivity index (χ1) is 16.5. The topological polar surface area (TPSA) is 134 Å². The number of aromatic amines is 1. The number of methoxy groups -OCH3 is 2. The third-order valence-electron chi connectivity index (χ3n) is 5.59. The number of carbonyl (C=O) groups is 1. The number of carbonyl (C=O) groups excluding carboxylic acids is 1. The Balaban J connectivity index is 1.77. The number of H-pyrrole nitrogens is 1. The Morgan fingerprint density at radius 1 is 1.18 bits per heavy atom. The van der Waals surface area contributed by atoms with Gasteiger partial charge in [0.05, 0.1) is 37.5 Å². The Hall–Kier alpha value is -4.02. The number of aliphatic imine (C=N–C) groups is 1. The number of aromatic nitrogens is 3. The van der Waals surface area contributed by atoms with Crippen molar-refractivity contribution in [3.8, 4) is 23.1 Å². The van der Waals surface area contributed by atoms with Crippen molar-refractivity contribution < 1.29 is 24.1 Å². The molecule has 1 amide bonds. The zero-order valence-electron chi connectivity index (χ0n) is 19.4. The largest absolute Gasteiger partial charge is 0.494 e. The van der Waals surface area contributed by atoms with E-state index in [1.165, 1.54) is 19.7 Å². The summed E-state index contributed by atoms with van der Waals surface area (Å²) in [6, 6.07) is 3.46. The fourth-order valence-corrected chi connectivity index (χ4v) is 3.75. The van der Waals surface area contributed by atoms with Crippen LogP contribution in [0.4, 0.5) is 11.5 Å². The number of hydrogen-bond acceptors (Lipinski definition) is 9. The maximum atomic E-state index is 12.5. The minimum absolute atomic E-state index is 0.0594. The number of anilines is 1. The van der Waals surface area contributed by atoms with E-state index in [0.717, 1.165) is 0 Å². The molecule has 180 valence electrons. The van der Waals surface area contributed by atoms with E-state index >= 15 is 0 Å². The number of nitrogens with one attached hydrogen (secondary N) is 2. The first-order valence-corrected chi connectivity index (χ1v) is 11.0. The van der Waals surface area contributed by atoms with Gasteiger partial charge in [-0.1, -0.05) is 0 Å². The highest BCUT2D eigenvalue weighted by atomic mass is 16.5. The van der Waals surface area contributed by atoms with E-state index in [0.29, 0.717) is 84.3 Å². The molecule has 0 saturated carbocycles. The van der Waals surface area contributed by atoms with Gasteiger partial charge >= 0.3 is 0 Å². The summed E-state index contributed by atoms with van der Waals surface area (Å²) in [6.45, 7) is 1.40. The second-order valence-electron chi connectivity index (χ2n) is 7.82. The Morgan fingerprint density at radius 3 is 2.82 bits per heavy atom. The third kappa shape index (κ3) is 4.82. The van der Waals surface area contributed by atoms with Gasteiger partial charge in [-0.05, 0) is 12.8 Å². The summed E-state index contributed by atoms with van der Waals surface area (Å²) in [5.41, 5.74) is 1.44. The summed E-state index contributed by atoms with van der Waals surface area (Å²) >= 11 is 0. The standard InChI is InChI=1S/C23H28N6O5/c1-29-8-7-24-21-19-15(23(31)28-22(19)27-13-26-21)12-25-14-10-16(32-2)20(33-3)17(11-14)34-9-5-4-6-18(29)30/h10-13,31H,4-9H2,1-3H3,(H2,24,26,27,28). The molecule has 3 aromatic rings. The smallest absolute Gasteiger partial charge is 0.222 e. The lowest BCUT2D eigenvalue weighted by Crippen LogP contribution is -2.31. The molecule has 34 heavy (non-hydrogen) atoms. The molecule has 1 aliphatic rings. The number of benzene rings is 1.